The van der Waals surface area contributed by atoms with Crippen LogP contribution >= 0.6 is 35.6 Å². The van der Waals surface area contributed by atoms with E-state index in [1.165, 1.54) is 0 Å². The highest BCUT2D eigenvalue weighted by Gasteiger charge is 2.21. The summed E-state index contributed by atoms with van der Waals surface area (Å²) in [4.78, 5) is 20.7. The van der Waals surface area contributed by atoms with Crippen LogP contribution in [0.3, 0.4) is 0 Å². The first kappa shape index (κ1) is 22.4. The summed E-state index contributed by atoms with van der Waals surface area (Å²) in [6.45, 7) is 3.84. The van der Waals surface area contributed by atoms with Crippen LogP contribution in [-0.4, -0.2) is 56.5 Å². The Morgan fingerprint density at radius 2 is 1.89 bits per heavy atom. The number of hydrogen-bond donors (Lipinski definition) is 2. The fourth-order valence-corrected chi connectivity index (χ4v) is 3.28. The molecule has 0 saturated carbocycles. The summed E-state index contributed by atoms with van der Waals surface area (Å²) in [5, 5.41) is 6.70. The normalized spacial score (nSPS) is 14.4. The molecular weight excluding hydrogens is 493 g/mol. The van der Waals surface area contributed by atoms with Crippen molar-refractivity contribution >= 4 is 53.1 Å². The molecule has 152 valence electrons. The van der Waals surface area contributed by atoms with Gasteiger partial charge in [-0.05, 0) is 24.3 Å². The van der Waals surface area contributed by atoms with E-state index >= 15 is 0 Å². The van der Waals surface area contributed by atoms with E-state index in [1.54, 1.807) is 19.4 Å². The van der Waals surface area contributed by atoms with Crippen LogP contribution in [0.5, 0.6) is 0 Å². The smallest absolute Gasteiger partial charge is 0.239 e. The Balaban J connectivity index is 0.00000280. The molecule has 1 amide bonds. The van der Waals surface area contributed by atoms with Gasteiger partial charge in [0.2, 0.25) is 5.91 Å². The number of hydrogen-bond acceptors (Lipinski definition) is 4. The van der Waals surface area contributed by atoms with Crippen molar-refractivity contribution < 1.29 is 9.21 Å². The zero-order chi connectivity index (χ0) is 19.1. The zero-order valence-electron chi connectivity index (χ0n) is 15.7. The lowest BCUT2D eigenvalue weighted by atomic mass is 10.2. The molecule has 0 atom stereocenters. The number of para-hydroxylation sites is 1. The third-order valence-corrected chi connectivity index (χ3v) is 4.75. The number of carbonyl (C=O) groups is 1. The maximum Gasteiger partial charge on any atom is 0.239 e. The Kier molecular flexibility index (Phi) is 8.91. The van der Waals surface area contributed by atoms with Gasteiger partial charge in [0.15, 0.2) is 5.96 Å². The minimum absolute atomic E-state index is 0. The highest BCUT2D eigenvalue weighted by molar-refractivity contribution is 14.0. The number of rotatable bonds is 5. The summed E-state index contributed by atoms with van der Waals surface area (Å²) >= 11 is 6.29. The molecule has 28 heavy (non-hydrogen) atoms. The molecule has 0 spiro atoms. The Bertz CT molecular complexity index is 776. The van der Waals surface area contributed by atoms with Gasteiger partial charge in [-0.2, -0.15) is 0 Å². The van der Waals surface area contributed by atoms with Crippen LogP contribution < -0.4 is 15.5 Å². The largest absolute Gasteiger partial charge is 0.467 e. The molecule has 2 heterocycles. The van der Waals surface area contributed by atoms with Gasteiger partial charge < -0.3 is 24.9 Å². The predicted molar refractivity (Wildman–Crippen MR) is 123 cm³/mol. The van der Waals surface area contributed by atoms with Crippen molar-refractivity contribution in [3.8, 4) is 0 Å². The van der Waals surface area contributed by atoms with E-state index in [4.69, 9.17) is 16.0 Å². The summed E-state index contributed by atoms with van der Waals surface area (Å²) in [5.74, 6) is 1.34. The molecule has 7 nitrogen and oxygen atoms in total. The molecule has 1 aliphatic rings. The van der Waals surface area contributed by atoms with Crippen LogP contribution in [0, 0.1) is 0 Å². The van der Waals surface area contributed by atoms with E-state index < -0.39 is 0 Å². The van der Waals surface area contributed by atoms with Gasteiger partial charge in [-0.15, -0.1) is 24.0 Å². The third-order valence-electron chi connectivity index (χ3n) is 4.43. The lowest BCUT2D eigenvalue weighted by molar-refractivity contribution is -0.120. The SMILES string of the molecule is CN=C(NCC(=O)NCc1ccco1)N1CCN(c2ccccc2Cl)CC1.I. The second-order valence-corrected chi connectivity index (χ2v) is 6.59. The quantitative estimate of drug-likeness (QED) is 0.362. The second kappa shape index (κ2) is 11.2. The molecule has 2 N–H and O–H groups in total. The van der Waals surface area contributed by atoms with Crippen LogP contribution in [0.1, 0.15) is 5.76 Å². The molecule has 9 heteroatoms. The number of amides is 1. The van der Waals surface area contributed by atoms with Crippen LogP contribution in [0.25, 0.3) is 0 Å². The number of benzene rings is 1. The molecule has 0 aliphatic carbocycles. The van der Waals surface area contributed by atoms with Crippen LogP contribution in [0.4, 0.5) is 5.69 Å². The lowest BCUT2D eigenvalue weighted by Gasteiger charge is -2.37. The van der Waals surface area contributed by atoms with Crippen molar-refractivity contribution in [2.75, 3.05) is 44.7 Å². The van der Waals surface area contributed by atoms with Crippen molar-refractivity contribution in [3.63, 3.8) is 0 Å². The van der Waals surface area contributed by atoms with Gasteiger partial charge in [0.25, 0.3) is 0 Å². The number of guanidine groups is 1. The van der Waals surface area contributed by atoms with Gasteiger partial charge in [-0.1, -0.05) is 23.7 Å². The first-order valence-electron chi connectivity index (χ1n) is 8.91. The molecule has 0 bridgehead atoms. The number of anilines is 1. The molecule has 1 fully saturated rings. The fourth-order valence-electron chi connectivity index (χ4n) is 3.02. The molecule has 1 aromatic carbocycles. The first-order chi connectivity index (χ1) is 13.2. The molecule has 0 unspecified atom stereocenters. The van der Waals surface area contributed by atoms with Crippen LogP contribution in [-0.2, 0) is 11.3 Å². The Labute approximate surface area is 187 Å². The molecule has 1 aliphatic heterocycles. The highest BCUT2D eigenvalue weighted by atomic mass is 127. The van der Waals surface area contributed by atoms with Crippen LogP contribution in [0.2, 0.25) is 5.02 Å². The number of nitrogens with one attached hydrogen (secondary N) is 2. The summed E-state index contributed by atoms with van der Waals surface area (Å²) < 4.78 is 5.20. The van der Waals surface area contributed by atoms with Gasteiger partial charge in [0, 0.05) is 33.2 Å². The van der Waals surface area contributed by atoms with E-state index in [0.717, 1.165) is 48.6 Å². The average Bonchev–Trinajstić information content (AvgIpc) is 3.21. The minimum atomic E-state index is -0.109. The maximum absolute atomic E-state index is 12.0. The fraction of sp³-hybridized carbons (Fsp3) is 0.368. The molecule has 0 radical (unpaired) electrons. The topological polar surface area (TPSA) is 73.1 Å². The summed E-state index contributed by atoms with van der Waals surface area (Å²) in [6.07, 6.45) is 1.59. The summed E-state index contributed by atoms with van der Waals surface area (Å²) in [5.41, 5.74) is 1.05. The van der Waals surface area contributed by atoms with Gasteiger partial charge >= 0.3 is 0 Å². The number of piperazine rings is 1. The van der Waals surface area contributed by atoms with E-state index in [2.05, 4.69) is 25.4 Å². The molecule has 2 aromatic rings. The van der Waals surface area contributed by atoms with Crippen LogP contribution in [0.15, 0.2) is 52.1 Å². The number of furan rings is 1. The van der Waals surface area contributed by atoms with Gasteiger partial charge in [-0.25, -0.2) is 0 Å². The van der Waals surface area contributed by atoms with Crippen molar-refractivity contribution in [1.82, 2.24) is 15.5 Å². The van der Waals surface area contributed by atoms with E-state index in [9.17, 15) is 4.79 Å². The van der Waals surface area contributed by atoms with Crippen molar-refractivity contribution in [1.29, 1.82) is 0 Å². The van der Waals surface area contributed by atoms with Gasteiger partial charge in [0.1, 0.15) is 5.76 Å². The second-order valence-electron chi connectivity index (χ2n) is 6.18. The maximum atomic E-state index is 12.0. The van der Waals surface area contributed by atoms with Crippen molar-refractivity contribution in [2.45, 2.75) is 6.54 Å². The number of carbonyl (C=O) groups excluding carboxylic acids is 1. The predicted octanol–water partition coefficient (Wildman–Crippen LogP) is 2.56. The zero-order valence-corrected chi connectivity index (χ0v) is 18.8. The lowest BCUT2D eigenvalue weighted by Crippen LogP contribution is -2.53. The number of halogens is 2. The number of nitrogens with zero attached hydrogens (tertiary/aromatic N) is 3. The Morgan fingerprint density at radius 1 is 1.14 bits per heavy atom. The summed E-state index contributed by atoms with van der Waals surface area (Å²) in [6, 6.07) is 11.5. The third kappa shape index (κ3) is 6.03. The first-order valence-corrected chi connectivity index (χ1v) is 9.29. The van der Waals surface area contributed by atoms with E-state index in [1.807, 2.05) is 30.3 Å². The van der Waals surface area contributed by atoms with Crippen molar-refractivity contribution in [3.05, 3.63) is 53.4 Å². The Morgan fingerprint density at radius 3 is 2.54 bits per heavy atom. The highest BCUT2D eigenvalue weighted by Crippen LogP contribution is 2.25. The van der Waals surface area contributed by atoms with E-state index in [0.29, 0.717) is 6.54 Å². The monoisotopic (exact) mass is 517 g/mol. The Hall–Kier alpha value is -1.94. The van der Waals surface area contributed by atoms with Gasteiger partial charge in [-0.3, -0.25) is 9.79 Å². The summed E-state index contributed by atoms with van der Waals surface area (Å²) in [7, 11) is 1.73. The van der Waals surface area contributed by atoms with E-state index in [-0.39, 0.29) is 36.4 Å². The molecule has 1 aromatic heterocycles. The standard InChI is InChI=1S/C19H24ClN5O2.HI/c1-21-19(23-14-18(26)22-13-15-5-4-12-27-15)25-10-8-24(9-11-25)17-7-3-2-6-16(17)20;/h2-7,12H,8-11,13-14H2,1H3,(H,21,23)(H,22,26);1H. The molecule has 1 saturated heterocycles. The van der Waals surface area contributed by atoms with Crippen molar-refractivity contribution in [2.24, 2.45) is 4.99 Å². The molecular formula is C19H25ClIN5O2. The average molecular weight is 518 g/mol. The molecule has 3 rings (SSSR count). The van der Waals surface area contributed by atoms with Gasteiger partial charge in [0.05, 0.1) is 30.1 Å². The minimum Gasteiger partial charge on any atom is -0.467 e. The number of aliphatic imine (C=N–C) groups is 1.